The van der Waals surface area contributed by atoms with E-state index in [0.29, 0.717) is 0 Å². The molecule has 2 fully saturated rings. The molecule has 2 aliphatic rings. The molecule has 0 saturated heterocycles. The van der Waals surface area contributed by atoms with Gasteiger partial charge in [0.15, 0.2) is 0 Å². The monoisotopic (exact) mass is 199 g/mol. The Morgan fingerprint density at radius 1 is 1.23 bits per heavy atom. The highest BCUT2D eigenvalue weighted by Crippen LogP contribution is 2.35. The van der Waals surface area contributed by atoms with Crippen molar-refractivity contribution in [3.8, 4) is 0 Å². The normalized spacial score (nSPS) is 36.5. The molecular formula is C11H21NS. The summed E-state index contributed by atoms with van der Waals surface area (Å²) in [5.74, 6) is 1.00. The van der Waals surface area contributed by atoms with E-state index in [4.69, 9.17) is 0 Å². The number of thioether (sulfide) groups is 1. The summed E-state index contributed by atoms with van der Waals surface area (Å²) in [6, 6.07) is 1.59. The molecule has 2 saturated carbocycles. The molecule has 2 rings (SSSR count). The van der Waals surface area contributed by atoms with Gasteiger partial charge in [-0.05, 0) is 44.8 Å². The van der Waals surface area contributed by atoms with Gasteiger partial charge in [0.1, 0.15) is 0 Å². The summed E-state index contributed by atoms with van der Waals surface area (Å²) in [5, 5.41) is 4.71. The summed E-state index contributed by atoms with van der Waals surface area (Å²) >= 11 is 2.05. The molecule has 13 heavy (non-hydrogen) atoms. The van der Waals surface area contributed by atoms with Gasteiger partial charge in [-0.25, -0.2) is 0 Å². The SMILES string of the molecule is CSC1CCCC1NC(C)C1CC1. The molecule has 2 aliphatic carbocycles. The minimum atomic E-state index is 0.776. The number of rotatable bonds is 4. The van der Waals surface area contributed by atoms with E-state index < -0.39 is 0 Å². The minimum Gasteiger partial charge on any atom is -0.310 e. The molecule has 3 unspecified atom stereocenters. The molecule has 0 aromatic heterocycles. The highest BCUT2D eigenvalue weighted by atomic mass is 32.2. The molecule has 0 aromatic rings. The van der Waals surface area contributed by atoms with Gasteiger partial charge in [-0.3, -0.25) is 0 Å². The molecule has 1 nitrogen and oxygen atoms in total. The van der Waals surface area contributed by atoms with Crippen molar-refractivity contribution in [2.24, 2.45) is 5.92 Å². The van der Waals surface area contributed by atoms with Crippen molar-refractivity contribution in [1.82, 2.24) is 5.32 Å². The van der Waals surface area contributed by atoms with Gasteiger partial charge in [0.2, 0.25) is 0 Å². The Morgan fingerprint density at radius 2 is 2.00 bits per heavy atom. The zero-order valence-corrected chi connectivity index (χ0v) is 9.57. The van der Waals surface area contributed by atoms with Crippen LogP contribution in [0.5, 0.6) is 0 Å². The van der Waals surface area contributed by atoms with Crippen LogP contribution in [0, 0.1) is 5.92 Å². The first-order valence-electron chi connectivity index (χ1n) is 5.60. The fourth-order valence-electron chi connectivity index (χ4n) is 2.47. The summed E-state index contributed by atoms with van der Waals surface area (Å²) in [4.78, 5) is 0. The average Bonchev–Trinajstić information content (AvgIpc) is 2.88. The second-order valence-electron chi connectivity index (χ2n) is 4.60. The van der Waals surface area contributed by atoms with Crippen molar-refractivity contribution in [2.75, 3.05) is 6.26 Å². The highest BCUT2D eigenvalue weighted by Gasteiger charge is 2.33. The fraction of sp³-hybridized carbons (Fsp3) is 1.00. The Labute approximate surface area is 86.0 Å². The van der Waals surface area contributed by atoms with Crippen molar-refractivity contribution in [2.45, 2.75) is 56.4 Å². The van der Waals surface area contributed by atoms with Crippen LogP contribution in [-0.4, -0.2) is 23.6 Å². The van der Waals surface area contributed by atoms with Gasteiger partial charge in [-0.15, -0.1) is 0 Å². The van der Waals surface area contributed by atoms with Gasteiger partial charge < -0.3 is 5.32 Å². The molecular weight excluding hydrogens is 178 g/mol. The van der Waals surface area contributed by atoms with E-state index in [2.05, 4.69) is 30.3 Å². The summed E-state index contributed by atoms with van der Waals surface area (Å²) in [7, 11) is 0. The first-order chi connectivity index (χ1) is 6.31. The summed E-state index contributed by atoms with van der Waals surface area (Å²) in [5.41, 5.74) is 0. The van der Waals surface area contributed by atoms with Crippen molar-refractivity contribution < 1.29 is 0 Å². The zero-order chi connectivity index (χ0) is 9.26. The molecule has 0 radical (unpaired) electrons. The van der Waals surface area contributed by atoms with E-state index in [0.717, 1.165) is 23.3 Å². The number of hydrogen-bond acceptors (Lipinski definition) is 2. The third-order valence-corrected chi connectivity index (χ3v) is 4.73. The average molecular weight is 199 g/mol. The molecule has 0 aliphatic heterocycles. The van der Waals surface area contributed by atoms with E-state index in [1.54, 1.807) is 0 Å². The van der Waals surface area contributed by atoms with Gasteiger partial charge in [0, 0.05) is 17.3 Å². The van der Waals surface area contributed by atoms with Crippen LogP contribution in [0.15, 0.2) is 0 Å². The van der Waals surface area contributed by atoms with Crippen molar-refractivity contribution >= 4 is 11.8 Å². The van der Waals surface area contributed by atoms with Crippen LogP contribution in [0.4, 0.5) is 0 Å². The van der Waals surface area contributed by atoms with E-state index in [9.17, 15) is 0 Å². The predicted molar refractivity (Wildman–Crippen MR) is 60.3 cm³/mol. The maximum atomic E-state index is 3.82. The Kier molecular flexibility index (Phi) is 3.20. The van der Waals surface area contributed by atoms with Crippen molar-refractivity contribution in [1.29, 1.82) is 0 Å². The highest BCUT2D eigenvalue weighted by molar-refractivity contribution is 7.99. The molecule has 0 aromatic carbocycles. The third-order valence-electron chi connectivity index (χ3n) is 3.56. The van der Waals surface area contributed by atoms with Crippen LogP contribution in [0.1, 0.15) is 39.0 Å². The summed E-state index contributed by atoms with van der Waals surface area (Å²) in [6.45, 7) is 2.37. The van der Waals surface area contributed by atoms with Crippen LogP contribution in [-0.2, 0) is 0 Å². The Morgan fingerprint density at radius 3 is 2.62 bits per heavy atom. The maximum Gasteiger partial charge on any atom is 0.0198 e. The first-order valence-corrected chi connectivity index (χ1v) is 6.89. The molecule has 0 spiro atoms. The lowest BCUT2D eigenvalue weighted by Crippen LogP contribution is -2.41. The third kappa shape index (κ3) is 2.41. The molecule has 3 atom stereocenters. The quantitative estimate of drug-likeness (QED) is 0.747. The lowest BCUT2D eigenvalue weighted by atomic mass is 10.1. The molecule has 0 bridgehead atoms. The minimum absolute atomic E-state index is 0.776. The Hall–Kier alpha value is 0.310. The van der Waals surface area contributed by atoms with E-state index in [1.165, 1.54) is 32.1 Å². The van der Waals surface area contributed by atoms with E-state index in [-0.39, 0.29) is 0 Å². The predicted octanol–water partition coefficient (Wildman–Crippen LogP) is 2.66. The molecule has 0 amide bonds. The fourth-order valence-corrected chi connectivity index (χ4v) is 3.41. The van der Waals surface area contributed by atoms with E-state index in [1.807, 2.05) is 0 Å². The van der Waals surface area contributed by atoms with Crippen LogP contribution < -0.4 is 5.32 Å². The number of hydrogen-bond donors (Lipinski definition) is 1. The van der Waals surface area contributed by atoms with Crippen LogP contribution in [0.25, 0.3) is 0 Å². The van der Waals surface area contributed by atoms with Gasteiger partial charge >= 0.3 is 0 Å². The standard InChI is InChI=1S/C11H21NS/c1-8(9-6-7-9)12-10-4-3-5-11(10)13-2/h8-12H,3-7H2,1-2H3. The van der Waals surface area contributed by atoms with Gasteiger partial charge in [-0.2, -0.15) is 11.8 Å². The van der Waals surface area contributed by atoms with Crippen molar-refractivity contribution in [3.63, 3.8) is 0 Å². The molecule has 0 heterocycles. The molecule has 76 valence electrons. The molecule has 1 N–H and O–H groups in total. The molecule has 2 heteroatoms. The van der Waals surface area contributed by atoms with E-state index >= 15 is 0 Å². The van der Waals surface area contributed by atoms with Crippen molar-refractivity contribution in [3.05, 3.63) is 0 Å². The second kappa shape index (κ2) is 4.22. The maximum absolute atomic E-state index is 3.82. The Balaban J connectivity index is 1.78. The van der Waals surface area contributed by atoms with Crippen LogP contribution in [0.2, 0.25) is 0 Å². The second-order valence-corrected chi connectivity index (χ2v) is 5.68. The van der Waals surface area contributed by atoms with Gasteiger partial charge in [-0.1, -0.05) is 6.42 Å². The topological polar surface area (TPSA) is 12.0 Å². The largest absolute Gasteiger partial charge is 0.310 e. The first kappa shape index (κ1) is 9.85. The lowest BCUT2D eigenvalue weighted by molar-refractivity contribution is 0.423. The smallest absolute Gasteiger partial charge is 0.0198 e. The summed E-state index contributed by atoms with van der Waals surface area (Å²) < 4.78 is 0. The summed E-state index contributed by atoms with van der Waals surface area (Å²) in [6.07, 6.45) is 9.45. The van der Waals surface area contributed by atoms with Crippen LogP contribution in [0.3, 0.4) is 0 Å². The van der Waals surface area contributed by atoms with Crippen LogP contribution >= 0.6 is 11.8 Å². The van der Waals surface area contributed by atoms with Gasteiger partial charge in [0.25, 0.3) is 0 Å². The number of nitrogens with one attached hydrogen (secondary N) is 1. The Bertz CT molecular complexity index is 167. The zero-order valence-electron chi connectivity index (χ0n) is 8.75. The van der Waals surface area contributed by atoms with Gasteiger partial charge in [0.05, 0.1) is 0 Å². The lowest BCUT2D eigenvalue weighted by Gasteiger charge is -2.23.